The number of nitrogens with one attached hydrogen (secondary N) is 1. The number of anilines is 2. The summed E-state index contributed by atoms with van der Waals surface area (Å²) in [5, 5.41) is 3.37. The molecule has 0 fully saturated rings. The van der Waals surface area contributed by atoms with Crippen LogP contribution in [0.2, 0.25) is 0 Å². The van der Waals surface area contributed by atoms with Crippen molar-refractivity contribution in [3.8, 4) is 0 Å². The lowest BCUT2D eigenvalue weighted by atomic mass is 10.1. The highest BCUT2D eigenvalue weighted by Gasteiger charge is 2.01. The van der Waals surface area contributed by atoms with E-state index in [4.69, 9.17) is 0 Å². The van der Waals surface area contributed by atoms with Gasteiger partial charge in [-0.2, -0.15) is 0 Å². The molecule has 16 heavy (non-hydrogen) atoms. The number of rotatable bonds is 6. The predicted octanol–water partition coefficient (Wildman–Crippen LogP) is 3.00. The van der Waals surface area contributed by atoms with E-state index in [0.29, 0.717) is 5.92 Å². The average Bonchev–Trinajstić information content (AvgIpc) is 2.27. The highest BCUT2D eigenvalue weighted by molar-refractivity contribution is 5.48. The predicted molar refractivity (Wildman–Crippen MR) is 71.1 cm³/mol. The Hall–Kier alpha value is -1.25. The summed E-state index contributed by atoms with van der Waals surface area (Å²) in [6.07, 6.45) is 4.41. The molecule has 0 aliphatic heterocycles. The van der Waals surface area contributed by atoms with Crippen molar-refractivity contribution in [3.05, 3.63) is 18.3 Å². The Bertz CT molecular complexity index is 293. The molecule has 0 aliphatic rings. The lowest BCUT2D eigenvalue weighted by molar-refractivity contribution is 0.550. The third-order valence-electron chi connectivity index (χ3n) is 2.68. The first-order valence-electron chi connectivity index (χ1n) is 6.00. The molecule has 0 radical (unpaired) electrons. The molecule has 0 aliphatic carbocycles. The van der Waals surface area contributed by atoms with E-state index < -0.39 is 0 Å². The van der Waals surface area contributed by atoms with Gasteiger partial charge in [0.2, 0.25) is 0 Å². The summed E-state index contributed by atoms with van der Waals surface area (Å²) in [6.45, 7) is 5.49. The second kappa shape index (κ2) is 6.36. The maximum atomic E-state index is 4.38. The van der Waals surface area contributed by atoms with Crippen LogP contribution in [0.25, 0.3) is 0 Å². The minimum Gasteiger partial charge on any atom is -0.376 e. The van der Waals surface area contributed by atoms with Crippen LogP contribution >= 0.6 is 0 Å². The van der Waals surface area contributed by atoms with Gasteiger partial charge in [-0.1, -0.05) is 20.3 Å². The average molecular weight is 221 g/mol. The van der Waals surface area contributed by atoms with Crippen LogP contribution in [0.5, 0.6) is 0 Å². The zero-order chi connectivity index (χ0) is 12.0. The molecule has 0 amide bonds. The zero-order valence-corrected chi connectivity index (χ0v) is 10.8. The van der Waals surface area contributed by atoms with Crippen molar-refractivity contribution in [3.63, 3.8) is 0 Å². The largest absolute Gasteiger partial charge is 0.376 e. The van der Waals surface area contributed by atoms with Crippen LogP contribution in [0, 0.1) is 5.92 Å². The van der Waals surface area contributed by atoms with Gasteiger partial charge in [0, 0.05) is 20.6 Å². The van der Waals surface area contributed by atoms with Crippen molar-refractivity contribution < 1.29 is 0 Å². The van der Waals surface area contributed by atoms with Crippen molar-refractivity contribution in [2.75, 3.05) is 30.9 Å². The molecule has 1 aromatic heterocycles. The SMILES string of the molecule is CCCC(C)CNc1ccc(N(C)C)cn1. The van der Waals surface area contributed by atoms with E-state index in [9.17, 15) is 0 Å². The molecule has 0 saturated carbocycles. The van der Waals surface area contributed by atoms with Crippen LogP contribution in [-0.2, 0) is 0 Å². The first-order chi connectivity index (χ1) is 7.63. The molecule has 1 atom stereocenters. The number of hydrogen-bond acceptors (Lipinski definition) is 3. The number of aromatic nitrogens is 1. The van der Waals surface area contributed by atoms with E-state index in [1.54, 1.807) is 0 Å². The standard InChI is InChI=1S/C13H23N3/c1-5-6-11(2)9-14-13-8-7-12(10-15-13)16(3)4/h7-8,10-11H,5-6,9H2,1-4H3,(H,14,15). The Balaban J connectivity index is 2.43. The van der Waals surface area contributed by atoms with Gasteiger partial charge in [0.25, 0.3) is 0 Å². The minimum absolute atomic E-state index is 0.709. The van der Waals surface area contributed by atoms with E-state index in [1.807, 2.05) is 26.4 Å². The summed E-state index contributed by atoms with van der Waals surface area (Å²) in [6, 6.07) is 4.12. The first-order valence-corrected chi connectivity index (χ1v) is 6.00. The molecular weight excluding hydrogens is 198 g/mol. The summed E-state index contributed by atoms with van der Waals surface area (Å²) in [4.78, 5) is 6.43. The Kier molecular flexibility index (Phi) is 5.09. The lowest BCUT2D eigenvalue weighted by Crippen LogP contribution is -2.13. The highest BCUT2D eigenvalue weighted by Crippen LogP contribution is 2.13. The second-order valence-electron chi connectivity index (χ2n) is 4.57. The van der Waals surface area contributed by atoms with E-state index >= 15 is 0 Å². The summed E-state index contributed by atoms with van der Waals surface area (Å²) >= 11 is 0. The fourth-order valence-corrected chi connectivity index (χ4v) is 1.63. The van der Waals surface area contributed by atoms with Crippen LogP contribution in [-0.4, -0.2) is 25.6 Å². The van der Waals surface area contributed by atoms with Gasteiger partial charge in [-0.05, 0) is 24.5 Å². The fourth-order valence-electron chi connectivity index (χ4n) is 1.63. The van der Waals surface area contributed by atoms with Gasteiger partial charge in [-0.25, -0.2) is 4.98 Å². The van der Waals surface area contributed by atoms with Crippen molar-refractivity contribution in [1.29, 1.82) is 0 Å². The molecule has 1 heterocycles. The molecule has 1 rings (SSSR count). The maximum Gasteiger partial charge on any atom is 0.126 e. The molecule has 0 spiro atoms. The van der Waals surface area contributed by atoms with Gasteiger partial charge in [0.1, 0.15) is 5.82 Å². The highest BCUT2D eigenvalue weighted by atomic mass is 15.1. The quantitative estimate of drug-likeness (QED) is 0.800. The zero-order valence-electron chi connectivity index (χ0n) is 10.8. The molecule has 0 aromatic carbocycles. The van der Waals surface area contributed by atoms with E-state index in [2.05, 4.69) is 35.1 Å². The van der Waals surface area contributed by atoms with Gasteiger partial charge in [0.05, 0.1) is 11.9 Å². The monoisotopic (exact) mass is 221 g/mol. The van der Waals surface area contributed by atoms with Crippen LogP contribution in [0.3, 0.4) is 0 Å². The van der Waals surface area contributed by atoms with Crippen molar-refractivity contribution in [1.82, 2.24) is 4.98 Å². The van der Waals surface area contributed by atoms with Gasteiger partial charge in [-0.3, -0.25) is 0 Å². The molecule has 0 saturated heterocycles. The summed E-state index contributed by atoms with van der Waals surface area (Å²) < 4.78 is 0. The minimum atomic E-state index is 0.709. The van der Waals surface area contributed by atoms with Crippen LogP contribution in [0.1, 0.15) is 26.7 Å². The third kappa shape index (κ3) is 4.09. The molecule has 90 valence electrons. The van der Waals surface area contributed by atoms with Gasteiger partial charge in [-0.15, -0.1) is 0 Å². The van der Waals surface area contributed by atoms with Crippen LogP contribution in [0.4, 0.5) is 11.5 Å². The Labute approximate surface area is 98.9 Å². The second-order valence-corrected chi connectivity index (χ2v) is 4.57. The van der Waals surface area contributed by atoms with Crippen molar-refractivity contribution >= 4 is 11.5 Å². The smallest absolute Gasteiger partial charge is 0.126 e. The third-order valence-corrected chi connectivity index (χ3v) is 2.68. The molecule has 3 nitrogen and oxygen atoms in total. The van der Waals surface area contributed by atoms with Gasteiger partial charge < -0.3 is 10.2 Å². The maximum absolute atomic E-state index is 4.38. The normalized spacial score (nSPS) is 12.2. The number of pyridine rings is 1. The summed E-state index contributed by atoms with van der Waals surface area (Å²) in [7, 11) is 4.04. The van der Waals surface area contributed by atoms with E-state index in [-0.39, 0.29) is 0 Å². The Morgan fingerprint density at radius 3 is 2.62 bits per heavy atom. The fraction of sp³-hybridized carbons (Fsp3) is 0.615. The molecule has 1 aromatic rings. The Morgan fingerprint density at radius 1 is 1.38 bits per heavy atom. The number of nitrogens with zero attached hydrogens (tertiary/aromatic N) is 2. The summed E-state index contributed by atoms with van der Waals surface area (Å²) in [5.74, 6) is 1.67. The molecule has 1 unspecified atom stereocenters. The van der Waals surface area contributed by atoms with Crippen molar-refractivity contribution in [2.45, 2.75) is 26.7 Å². The summed E-state index contributed by atoms with van der Waals surface area (Å²) in [5.41, 5.74) is 1.13. The van der Waals surface area contributed by atoms with E-state index in [0.717, 1.165) is 18.1 Å². The first kappa shape index (κ1) is 12.8. The topological polar surface area (TPSA) is 28.2 Å². The molecule has 0 bridgehead atoms. The van der Waals surface area contributed by atoms with Crippen molar-refractivity contribution in [2.24, 2.45) is 5.92 Å². The lowest BCUT2D eigenvalue weighted by Gasteiger charge is -2.14. The van der Waals surface area contributed by atoms with Crippen LogP contribution < -0.4 is 10.2 Å². The van der Waals surface area contributed by atoms with Gasteiger partial charge >= 0.3 is 0 Å². The molecule has 3 heteroatoms. The molecule has 1 N–H and O–H groups in total. The van der Waals surface area contributed by atoms with Gasteiger partial charge in [0.15, 0.2) is 0 Å². The Morgan fingerprint density at radius 2 is 2.12 bits per heavy atom. The van der Waals surface area contributed by atoms with E-state index in [1.165, 1.54) is 12.8 Å². The van der Waals surface area contributed by atoms with Crippen LogP contribution in [0.15, 0.2) is 18.3 Å². The molecular formula is C13H23N3. The number of hydrogen-bond donors (Lipinski definition) is 1.